The van der Waals surface area contributed by atoms with E-state index >= 15 is 0 Å². The summed E-state index contributed by atoms with van der Waals surface area (Å²) in [6, 6.07) is 0. The molecule has 1 amide bonds. The van der Waals surface area contributed by atoms with Crippen LogP contribution in [0, 0.1) is 0 Å². The van der Waals surface area contributed by atoms with Crippen LogP contribution in [0.1, 0.15) is 59.9 Å². The van der Waals surface area contributed by atoms with Gasteiger partial charge in [-0.3, -0.25) is 4.68 Å². The molecule has 0 saturated carbocycles. The van der Waals surface area contributed by atoms with Gasteiger partial charge in [-0.05, 0) is 54.0 Å². The predicted molar refractivity (Wildman–Crippen MR) is 104 cm³/mol. The van der Waals surface area contributed by atoms with Gasteiger partial charge in [-0.2, -0.15) is 5.10 Å². The van der Waals surface area contributed by atoms with E-state index in [4.69, 9.17) is 14.0 Å². The first-order valence-corrected chi connectivity index (χ1v) is 9.61. The lowest BCUT2D eigenvalue weighted by Crippen LogP contribution is -2.41. The highest BCUT2D eigenvalue weighted by Gasteiger charge is 2.57. The summed E-state index contributed by atoms with van der Waals surface area (Å²) in [6.07, 6.45) is 3.57. The third kappa shape index (κ3) is 4.01. The molecule has 0 aromatic carbocycles. The third-order valence-electron chi connectivity index (χ3n) is 5.79. The van der Waals surface area contributed by atoms with E-state index in [1.54, 1.807) is 9.58 Å². The van der Waals surface area contributed by atoms with Crippen LogP contribution in [0.25, 0.3) is 0 Å². The lowest BCUT2D eigenvalue weighted by molar-refractivity contribution is 0.00578. The summed E-state index contributed by atoms with van der Waals surface area (Å²) < 4.78 is 20.0. The Kier molecular flexibility index (Phi) is 4.88. The summed E-state index contributed by atoms with van der Waals surface area (Å²) in [4.78, 5) is 14.4. The maximum atomic E-state index is 12.7. The molecule has 3 rings (SSSR count). The van der Waals surface area contributed by atoms with E-state index < -0.39 is 16.8 Å². The number of amides is 1. The minimum absolute atomic E-state index is 0.0165. The summed E-state index contributed by atoms with van der Waals surface area (Å²) >= 11 is 0. The van der Waals surface area contributed by atoms with Gasteiger partial charge in [0.15, 0.2) is 0 Å². The molecule has 2 fully saturated rings. The van der Waals surface area contributed by atoms with Gasteiger partial charge >= 0.3 is 13.2 Å². The number of carbonyl (C=O) groups excluding carboxylic acids is 1. The number of aryl methyl sites for hydroxylation is 1. The topological polar surface area (TPSA) is 65.8 Å². The molecule has 0 spiro atoms. The molecular weight excluding hydrogens is 345 g/mol. The molecule has 1 aromatic rings. The van der Waals surface area contributed by atoms with Crippen LogP contribution in [-0.4, -0.2) is 57.8 Å². The standard InChI is InChI=1S/C19H32BN3O4/c1-17(2,3)25-16(24)23-11-14(13-9-21-22(8)10-13)15(12-23)20-26-18(4,5)19(6,7)27-20/h9-10,14-15H,11-12H2,1-8H3. The van der Waals surface area contributed by atoms with Crippen molar-refractivity contribution >= 4 is 13.2 Å². The van der Waals surface area contributed by atoms with Crippen molar-refractivity contribution in [2.75, 3.05) is 13.1 Å². The van der Waals surface area contributed by atoms with Crippen molar-refractivity contribution in [2.45, 2.75) is 77.0 Å². The first-order chi connectivity index (χ1) is 12.3. The Hall–Kier alpha value is -1.54. The Labute approximate surface area is 162 Å². The van der Waals surface area contributed by atoms with Gasteiger partial charge in [-0.15, -0.1) is 0 Å². The molecule has 0 aliphatic carbocycles. The number of carbonyl (C=O) groups is 1. The third-order valence-corrected chi connectivity index (χ3v) is 5.79. The highest BCUT2D eigenvalue weighted by Crippen LogP contribution is 2.47. The monoisotopic (exact) mass is 377 g/mol. The molecule has 0 N–H and O–H groups in total. The summed E-state index contributed by atoms with van der Waals surface area (Å²) in [5, 5.41) is 4.31. The fourth-order valence-electron chi connectivity index (χ4n) is 3.63. The van der Waals surface area contributed by atoms with E-state index in [9.17, 15) is 4.79 Å². The molecule has 2 atom stereocenters. The van der Waals surface area contributed by atoms with Crippen molar-refractivity contribution < 1.29 is 18.8 Å². The molecule has 150 valence electrons. The summed E-state index contributed by atoms with van der Waals surface area (Å²) in [7, 11) is 1.51. The predicted octanol–water partition coefficient (Wildman–Crippen LogP) is 3.22. The van der Waals surface area contributed by atoms with E-state index in [1.165, 1.54) is 0 Å². The molecule has 27 heavy (non-hydrogen) atoms. The van der Waals surface area contributed by atoms with Crippen molar-refractivity contribution in [3.8, 4) is 0 Å². The fourth-order valence-corrected chi connectivity index (χ4v) is 3.63. The lowest BCUT2D eigenvalue weighted by atomic mass is 9.65. The van der Waals surface area contributed by atoms with Gasteiger partial charge in [0.2, 0.25) is 0 Å². The summed E-state index contributed by atoms with van der Waals surface area (Å²) in [5.74, 6) is 0.101. The first-order valence-electron chi connectivity index (χ1n) is 9.61. The second kappa shape index (κ2) is 6.52. The van der Waals surface area contributed by atoms with Gasteiger partial charge < -0.3 is 18.9 Å². The minimum Gasteiger partial charge on any atom is -0.444 e. The van der Waals surface area contributed by atoms with Crippen molar-refractivity contribution in [2.24, 2.45) is 7.05 Å². The van der Waals surface area contributed by atoms with Crippen LogP contribution in [0.4, 0.5) is 4.79 Å². The van der Waals surface area contributed by atoms with Crippen molar-refractivity contribution in [3.05, 3.63) is 18.0 Å². The molecule has 2 saturated heterocycles. The molecule has 0 radical (unpaired) electrons. The zero-order valence-corrected chi connectivity index (χ0v) is 17.8. The lowest BCUT2D eigenvalue weighted by Gasteiger charge is -2.32. The molecule has 1 aromatic heterocycles. The molecular formula is C19H32BN3O4. The van der Waals surface area contributed by atoms with Crippen molar-refractivity contribution in [3.63, 3.8) is 0 Å². The normalized spacial score (nSPS) is 27.3. The maximum Gasteiger partial charge on any atom is 0.463 e. The van der Waals surface area contributed by atoms with Crippen molar-refractivity contribution in [1.82, 2.24) is 14.7 Å². The quantitative estimate of drug-likeness (QED) is 0.741. The molecule has 2 unspecified atom stereocenters. The molecule has 2 aliphatic heterocycles. The van der Waals surface area contributed by atoms with Gasteiger partial charge in [-0.25, -0.2) is 4.79 Å². The fraction of sp³-hybridized carbons (Fsp3) is 0.789. The van der Waals surface area contributed by atoms with Gasteiger partial charge in [0.1, 0.15) is 5.60 Å². The average molecular weight is 377 g/mol. The number of hydrogen-bond acceptors (Lipinski definition) is 5. The number of ether oxygens (including phenoxy) is 1. The molecule has 2 aliphatic rings. The number of aromatic nitrogens is 2. The number of rotatable bonds is 2. The van der Waals surface area contributed by atoms with Crippen LogP contribution in [0.3, 0.4) is 0 Å². The van der Waals surface area contributed by atoms with Gasteiger partial charge in [-0.1, -0.05) is 0 Å². The highest BCUT2D eigenvalue weighted by atomic mass is 16.7. The average Bonchev–Trinajstić information content (AvgIpc) is 3.14. The van der Waals surface area contributed by atoms with Gasteiger partial charge in [0.25, 0.3) is 0 Å². The zero-order valence-electron chi connectivity index (χ0n) is 17.8. The largest absolute Gasteiger partial charge is 0.463 e. The Bertz CT molecular complexity index is 694. The second-order valence-corrected chi connectivity index (χ2v) is 9.73. The van der Waals surface area contributed by atoms with E-state index in [0.29, 0.717) is 13.1 Å². The number of nitrogens with zero attached hydrogens (tertiary/aromatic N) is 3. The summed E-state index contributed by atoms with van der Waals surface area (Å²) in [6.45, 7) is 14.9. The van der Waals surface area contributed by atoms with Crippen LogP contribution < -0.4 is 0 Å². The Morgan fingerprint density at radius 3 is 2.30 bits per heavy atom. The number of hydrogen-bond donors (Lipinski definition) is 0. The van der Waals surface area contributed by atoms with E-state index in [2.05, 4.69) is 5.10 Å². The Morgan fingerprint density at radius 1 is 1.22 bits per heavy atom. The maximum absolute atomic E-state index is 12.7. The van der Waals surface area contributed by atoms with Crippen LogP contribution in [0.5, 0.6) is 0 Å². The minimum atomic E-state index is -0.524. The second-order valence-electron chi connectivity index (χ2n) is 9.73. The van der Waals surface area contributed by atoms with Gasteiger partial charge in [0, 0.05) is 38.1 Å². The van der Waals surface area contributed by atoms with Crippen LogP contribution >= 0.6 is 0 Å². The van der Waals surface area contributed by atoms with Crippen LogP contribution in [-0.2, 0) is 21.1 Å². The smallest absolute Gasteiger partial charge is 0.444 e. The van der Waals surface area contributed by atoms with E-state index in [-0.39, 0.29) is 24.9 Å². The van der Waals surface area contributed by atoms with Crippen LogP contribution in [0.2, 0.25) is 5.82 Å². The van der Waals surface area contributed by atoms with E-state index in [1.807, 2.05) is 67.9 Å². The van der Waals surface area contributed by atoms with Crippen molar-refractivity contribution in [1.29, 1.82) is 0 Å². The Morgan fingerprint density at radius 2 is 1.81 bits per heavy atom. The first kappa shape index (κ1) is 20.2. The molecule has 7 nitrogen and oxygen atoms in total. The van der Waals surface area contributed by atoms with Gasteiger partial charge in [0.05, 0.1) is 17.4 Å². The number of likely N-dealkylation sites (tertiary alicyclic amines) is 1. The van der Waals surface area contributed by atoms with E-state index in [0.717, 1.165) is 5.56 Å². The molecule has 8 heteroatoms. The molecule has 3 heterocycles. The van der Waals surface area contributed by atoms with Crippen LogP contribution in [0.15, 0.2) is 12.4 Å². The highest BCUT2D eigenvalue weighted by molar-refractivity contribution is 6.48. The Balaban J connectivity index is 1.84. The summed E-state index contributed by atoms with van der Waals surface area (Å²) in [5.41, 5.74) is -0.251. The zero-order chi connectivity index (χ0) is 20.2. The molecule has 0 bridgehead atoms. The SMILES string of the molecule is Cn1cc(C2CN(C(=O)OC(C)(C)C)CC2B2OC(C)(C)C(C)(C)O2)cn1.